The lowest BCUT2D eigenvalue weighted by atomic mass is 9.95. The molecule has 0 saturated carbocycles. The van der Waals surface area contributed by atoms with Gasteiger partial charge in [-0.15, -0.1) is 11.6 Å². The molecule has 1 atom stereocenters. The molecule has 1 unspecified atom stereocenters. The second-order valence-corrected chi connectivity index (χ2v) is 5.82. The topological polar surface area (TPSA) is 56.2 Å². The Morgan fingerprint density at radius 1 is 1.68 bits per heavy atom. The lowest BCUT2D eigenvalue weighted by Crippen LogP contribution is -2.32. The first kappa shape index (κ1) is 14.3. The van der Waals surface area contributed by atoms with Gasteiger partial charge in [0, 0.05) is 18.7 Å². The van der Waals surface area contributed by atoms with Crippen LogP contribution >= 0.6 is 11.6 Å². The molecule has 106 valence electrons. The lowest BCUT2D eigenvalue weighted by Gasteiger charge is -2.19. The molecular weight excluding hydrogens is 266 g/mol. The van der Waals surface area contributed by atoms with Crippen LogP contribution in [0.25, 0.3) is 0 Å². The summed E-state index contributed by atoms with van der Waals surface area (Å²) in [6, 6.07) is 0. The second-order valence-electron chi connectivity index (χ2n) is 5.56. The van der Waals surface area contributed by atoms with Gasteiger partial charge in [-0.3, -0.25) is 9.48 Å². The fourth-order valence-electron chi connectivity index (χ4n) is 1.89. The average molecular weight is 286 g/mol. The fourth-order valence-corrected chi connectivity index (χ4v) is 2.01. The van der Waals surface area contributed by atoms with Crippen LogP contribution in [0.1, 0.15) is 26.7 Å². The Morgan fingerprint density at radius 3 is 3.11 bits per heavy atom. The number of alkyl halides is 1. The van der Waals surface area contributed by atoms with Gasteiger partial charge in [0.05, 0.1) is 29.9 Å². The van der Waals surface area contributed by atoms with Crippen molar-refractivity contribution in [3.63, 3.8) is 0 Å². The summed E-state index contributed by atoms with van der Waals surface area (Å²) >= 11 is 5.77. The van der Waals surface area contributed by atoms with E-state index in [-0.39, 0.29) is 17.9 Å². The Morgan fingerprint density at radius 2 is 2.47 bits per heavy atom. The van der Waals surface area contributed by atoms with Crippen molar-refractivity contribution >= 4 is 23.2 Å². The minimum Gasteiger partial charge on any atom is -0.376 e. The minimum atomic E-state index is -0.585. The van der Waals surface area contributed by atoms with Crippen molar-refractivity contribution in [3.05, 3.63) is 12.4 Å². The Hall–Kier alpha value is -1.07. The number of halogens is 1. The molecule has 5 nitrogen and oxygen atoms in total. The SMILES string of the molecule is CC(C)(CCl)C(=O)Nc1cnn(CC2CCCO2)c1. The molecule has 1 aromatic heterocycles. The first-order valence-electron chi connectivity index (χ1n) is 6.53. The van der Waals surface area contributed by atoms with E-state index in [4.69, 9.17) is 16.3 Å². The predicted octanol–water partition coefficient (Wildman–Crippen LogP) is 2.27. The van der Waals surface area contributed by atoms with Gasteiger partial charge in [0.1, 0.15) is 0 Å². The highest BCUT2D eigenvalue weighted by atomic mass is 35.5. The summed E-state index contributed by atoms with van der Waals surface area (Å²) in [7, 11) is 0. The molecule has 6 heteroatoms. The summed E-state index contributed by atoms with van der Waals surface area (Å²) in [4.78, 5) is 12.0. The summed E-state index contributed by atoms with van der Waals surface area (Å²) in [5.74, 6) is 0.183. The molecule has 0 spiro atoms. The Labute approximate surface area is 118 Å². The van der Waals surface area contributed by atoms with Crippen molar-refractivity contribution in [2.24, 2.45) is 5.41 Å². The van der Waals surface area contributed by atoms with Gasteiger partial charge in [-0.05, 0) is 26.7 Å². The molecule has 1 aliphatic heterocycles. The van der Waals surface area contributed by atoms with Gasteiger partial charge in [-0.25, -0.2) is 0 Å². The molecule has 1 amide bonds. The van der Waals surface area contributed by atoms with Crippen LogP contribution in [-0.2, 0) is 16.1 Å². The number of carbonyl (C=O) groups is 1. The fraction of sp³-hybridized carbons (Fsp3) is 0.692. The molecule has 1 saturated heterocycles. The van der Waals surface area contributed by atoms with Crippen LogP contribution in [-0.4, -0.2) is 34.3 Å². The Bertz CT molecular complexity index is 439. The van der Waals surface area contributed by atoms with Gasteiger partial charge in [-0.2, -0.15) is 5.10 Å². The van der Waals surface area contributed by atoms with Crippen LogP contribution in [0.4, 0.5) is 5.69 Å². The van der Waals surface area contributed by atoms with Gasteiger partial charge in [0.15, 0.2) is 0 Å². The van der Waals surface area contributed by atoms with Crippen molar-refractivity contribution < 1.29 is 9.53 Å². The smallest absolute Gasteiger partial charge is 0.231 e. The van der Waals surface area contributed by atoms with Gasteiger partial charge in [0.2, 0.25) is 5.91 Å². The molecule has 0 bridgehead atoms. The van der Waals surface area contributed by atoms with Crippen LogP contribution < -0.4 is 5.32 Å². The highest BCUT2D eigenvalue weighted by Crippen LogP contribution is 2.20. The number of hydrogen-bond acceptors (Lipinski definition) is 3. The molecule has 1 N–H and O–H groups in total. The number of nitrogens with zero attached hydrogens (tertiary/aromatic N) is 2. The third kappa shape index (κ3) is 3.70. The molecular formula is C13H20ClN3O2. The van der Waals surface area contributed by atoms with Crippen molar-refractivity contribution in [1.29, 1.82) is 0 Å². The molecule has 0 aliphatic carbocycles. The molecule has 0 aromatic carbocycles. The van der Waals surface area contributed by atoms with E-state index in [9.17, 15) is 4.79 Å². The summed E-state index contributed by atoms with van der Waals surface area (Å²) in [5.41, 5.74) is 0.110. The summed E-state index contributed by atoms with van der Waals surface area (Å²) in [6.45, 7) is 5.19. The maximum atomic E-state index is 12.0. The van der Waals surface area contributed by atoms with Crippen molar-refractivity contribution in [2.45, 2.75) is 39.3 Å². The number of nitrogens with one attached hydrogen (secondary N) is 1. The zero-order valence-electron chi connectivity index (χ0n) is 11.4. The quantitative estimate of drug-likeness (QED) is 0.845. The van der Waals surface area contributed by atoms with E-state index >= 15 is 0 Å². The Kier molecular flexibility index (Phi) is 4.47. The number of ether oxygens (including phenoxy) is 1. The van der Waals surface area contributed by atoms with E-state index < -0.39 is 5.41 Å². The number of rotatable bonds is 5. The normalized spacial score (nSPS) is 19.6. The molecule has 1 aromatic rings. The first-order valence-corrected chi connectivity index (χ1v) is 7.06. The number of amides is 1. The largest absolute Gasteiger partial charge is 0.376 e. The maximum Gasteiger partial charge on any atom is 0.231 e. The monoisotopic (exact) mass is 285 g/mol. The van der Waals surface area contributed by atoms with Crippen LogP contribution in [0.3, 0.4) is 0 Å². The zero-order valence-corrected chi connectivity index (χ0v) is 12.1. The van der Waals surface area contributed by atoms with Gasteiger partial charge < -0.3 is 10.1 Å². The van der Waals surface area contributed by atoms with Crippen molar-refractivity contribution in [1.82, 2.24) is 9.78 Å². The van der Waals surface area contributed by atoms with Crippen molar-refractivity contribution in [3.8, 4) is 0 Å². The number of aromatic nitrogens is 2. The van der Waals surface area contributed by atoms with E-state index in [0.717, 1.165) is 26.0 Å². The summed E-state index contributed by atoms with van der Waals surface area (Å²) in [5, 5.41) is 7.06. The van der Waals surface area contributed by atoms with E-state index in [1.165, 1.54) is 0 Å². The number of carbonyl (C=O) groups excluding carboxylic acids is 1. The first-order chi connectivity index (χ1) is 9.01. The minimum absolute atomic E-state index is 0.0980. The van der Waals surface area contributed by atoms with Crippen LogP contribution in [0.2, 0.25) is 0 Å². The third-order valence-corrected chi connectivity index (χ3v) is 3.92. The van der Waals surface area contributed by atoms with E-state index in [2.05, 4.69) is 10.4 Å². The lowest BCUT2D eigenvalue weighted by molar-refractivity contribution is -0.122. The molecule has 0 radical (unpaired) electrons. The van der Waals surface area contributed by atoms with Crippen molar-refractivity contribution in [2.75, 3.05) is 17.8 Å². The summed E-state index contributed by atoms with van der Waals surface area (Å²) < 4.78 is 7.36. The van der Waals surface area contributed by atoms with Crippen LogP contribution in [0.15, 0.2) is 12.4 Å². The number of anilines is 1. The molecule has 2 heterocycles. The summed E-state index contributed by atoms with van der Waals surface area (Å²) in [6.07, 6.45) is 5.89. The molecule has 2 rings (SSSR count). The van der Waals surface area contributed by atoms with Gasteiger partial charge in [-0.1, -0.05) is 0 Å². The maximum absolute atomic E-state index is 12.0. The second kappa shape index (κ2) is 5.92. The third-order valence-electron chi connectivity index (χ3n) is 3.25. The molecule has 1 aliphatic rings. The van der Waals surface area contributed by atoms with E-state index in [0.29, 0.717) is 5.69 Å². The van der Waals surface area contributed by atoms with Gasteiger partial charge in [0.25, 0.3) is 0 Å². The highest BCUT2D eigenvalue weighted by Gasteiger charge is 2.26. The average Bonchev–Trinajstić information content (AvgIpc) is 3.02. The molecule has 19 heavy (non-hydrogen) atoms. The van der Waals surface area contributed by atoms with Gasteiger partial charge >= 0.3 is 0 Å². The molecule has 1 fully saturated rings. The zero-order chi connectivity index (χ0) is 13.9. The standard InChI is InChI=1S/C13H20ClN3O2/c1-13(2,9-14)12(18)16-10-6-15-17(7-10)8-11-4-3-5-19-11/h6-7,11H,3-5,8-9H2,1-2H3,(H,16,18). The van der Waals surface area contributed by atoms with Crippen LogP contribution in [0, 0.1) is 5.41 Å². The number of hydrogen-bond donors (Lipinski definition) is 1. The van der Waals surface area contributed by atoms with E-state index in [1.807, 2.05) is 20.0 Å². The van der Waals surface area contributed by atoms with Crippen LogP contribution in [0.5, 0.6) is 0 Å². The predicted molar refractivity (Wildman–Crippen MR) is 74.3 cm³/mol. The Balaban J connectivity index is 1.91. The van der Waals surface area contributed by atoms with E-state index in [1.54, 1.807) is 10.9 Å². The highest BCUT2D eigenvalue weighted by molar-refractivity contribution is 6.20.